The molecule has 0 unspecified atom stereocenters. The van der Waals surface area contributed by atoms with Gasteiger partial charge >= 0.3 is 11.9 Å². The maximum Gasteiger partial charge on any atom is 0.346 e. The van der Waals surface area contributed by atoms with E-state index in [9.17, 15) is 27.2 Å². The Morgan fingerprint density at radius 1 is 0.473 bits per heavy atom. The molecule has 13 nitrogen and oxygen atoms in total. The zero-order chi connectivity index (χ0) is 63.8. The number of methoxy groups -OCH3 is 2. The minimum Gasteiger partial charge on any atom is -0.486 e. The number of carbonyl (C=O) groups excluding carboxylic acids is 2. The highest BCUT2D eigenvalue weighted by Gasteiger charge is 2.36. The van der Waals surface area contributed by atoms with Crippen molar-refractivity contribution in [1.82, 2.24) is 19.1 Å². The van der Waals surface area contributed by atoms with Gasteiger partial charge in [-0.1, -0.05) is 47.5 Å². The molecule has 4 atom stereocenters. The monoisotopic (exact) mass is 1290 g/mol. The fraction of sp³-hybridized carbons (Fsp3) is 0.235. The lowest BCUT2D eigenvalue weighted by molar-refractivity contribution is 0.0397. The first-order valence-corrected chi connectivity index (χ1v) is 29.3. The molecule has 2 fully saturated rings. The second-order valence-corrected chi connectivity index (χ2v) is 22.9. The largest absolute Gasteiger partial charge is 0.486 e. The van der Waals surface area contributed by atoms with Gasteiger partial charge in [0.2, 0.25) is 0 Å². The van der Waals surface area contributed by atoms with Gasteiger partial charge in [-0.3, -0.25) is 0 Å². The molecule has 0 spiro atoms. The maximum absolute atomic E-state index is 16.4. The van der Waals surface area contributed by atoms with Gasteiger partial charge < -0.3 is 42.3 Å². The van der Waals surface area contributed by atoms with E-state index in [2.05, 4.69) is 0 Å². The van der Waals surface area contributed by atoms with Gasteiger partial charge in [0.25, 0.3) is 0 Å². The van der Waals surface area contributed by atoms with Gasteiger partial charge in [-0.2, -0.15) is 0 Å². The first kappa shape index (κ1) is 62.5. The van der Waals surface area contributed by atoms with Crippen molar-refractivity contribution in [1.29, 1.82) is 0 Å². The van der Waals surface area contributed by atoms with Crippen LogP contribution in [0, 0.1) is 58.4 Å². The predicted octanol–water partition coefficient (Wildman–Crippen LogP) is 15.1. The Hall–Kier alpha value is -8.70. The van der Waals surface area contributed by atoms with Crippen LogP contribution in [0.5, 0.6) is 11.5 Å². The zero-order valence-corrected chi connectivity index (χ0v) is 49.8. The SMILES string of the molecule is COC[C@H]1COC[C@H]1n1c(Cc2cc(F)c(-c3ccc(F)c(OCc4ccc(Cl)cc4F)c3)cc2F)nc2ccc(C(=O)OC(=O)c3ccc4nc(Cc5cc(F)c(-c6ccc(F)c(OCc7ccc(Cl)cc7F)c6)cc5F)n([C@@H]5COC[C@@H]5COC)c4c3)cc21. The van der Waals surface area contributed by atoms with Gasteiger partial charge in [0, 0.05) is 71.2 Å². The Labute approximate surface area is 524 Å². The first-order valence-electron chi connectivity index (χ1n) is 28.5. The lowest BCUT2D eigenvalue weighted by Gasteiger charge is -2.22. The molecule has 10 aromatic rings. The number of imidazole rings is 2. The van der Waals surface area contributed by atoms with E-state index in [-0.39, 0.29) is 166 Å². The molecule has 2 saturated heterocycles. The number of rotatable bonds is 20. The number of nitrogens with zero attached hydrogens (tertiary/aromatic N) is 4. The van der Waals surface area contributed by atoms with Crippen molar-refractivity contribution in [3.63, 3.8) is 0 Å². The van der Waals surface area contributed by atoms with Crippen LogP contribution < -0.4 is 9.47 Å². The summed E-state index contributed by atoms with van der Waals surface area (Å²) in [6.07, 6.45) is -0.496. The summed E-state index contributed by atoms with van der Waals surface area (Å²) in [5.41, 5.74) is 1.14. The van der Waals surface area contributed by atoms with E-state index >= 15 is 17.6 Å². The van der Waals surface area contributed by atoms with Crippen LogP contribution in [0.15, 0.2) is 133 Å². The smallest absolute Gasteiger partial charge is 0.346 e. The average molecular weight is 1290 g/mol. The molecule has 0 amide bonds. The van der Waals surface area contributed by atoms with Crippen molar-refractivity contribution in [2.45, 2.75) is 38.1 Å². The fourth-order valence-corrected chi connectivity index (χ4v) is 11.9. The summed E-state index contributed by atoms with van der Waals surface area (Å²) in [5.74, 6) is -8.97. The third kappa shape index (κ3) is 13.1. The van der Waals surface area contributed by atoms with Crippen LogP contribution in [0.2, 0.25) is 10.0 Å². The summed E-state index contributed by atoms with van der Waals surface area (Å²) in [4.78, 5) is 37.9. The van der Waals surface area contributed by atoms with Crippen LogP contribution >= 0.6 is 23.2 Å². The standard InChI is InChI=1S/C68H52Cl2F8N4O9/c1-85-27-43-29-87-33-61(43)81-59-17-37(7-13-57(59)79-65(81)21-41-15-55(77)47(25-53(41)75)35-5-11-49(71)63(19-35)89-31-39-3-9-45(69)23-51(39)73)67(83)91-68(84)38-8-14-58-60(18-38)82(62-34-88-30-44(62)28-86-2)66(80-58)22-42-16-56(78)48(26-54(42)76)36-6-12-50(72)64(20-36)90-32-40-4-10-46(70)24-52(40)74/h3-20,23-26,43-44,61-62H,21-22,27-34H2,1-2H3/t43-,44-,61+,62+/m0/s1. The number of esters is 2. The number of fused-ring (bicyclic) bond motifs is 2. The Morgan fingerprint density at radius 2 is 0.890 bits per heavy atom. The van der Waals surface area contributed by atoms with Gasteiger partial charge in [0.05, 0.1) is 84.9 Å². The van der Waals surface area contributed by atoms with Gasteiger partial charge in [0.1, 0.15) is 59.8 Å². The maximum atomic E-state index is 16.4. The molecule has 4 heterocycles. The number of carbonyl (C=O) groups is 2. The quantitative estimate of drug-likeness (QED) is 0.0410. The van der Waals surface area contributed by atoms with Gasteiger partial charge in [0.15, 0.2) is 23.1 Å². The highest BCUT2D eigenvalue weighted by Crippen LogP contribution is 2.39. The number of halogens is 10. The van der Waals surface area contributed by atoms with Gasteiger partial charge in [-0.15, -0.1) is 0 Å². The summed E-state index contributed by atoms with van der Waals surface area (Å²) in [6, 6.07) is 26.7. The normalized spacial score (nSPS) is 16.5. The summed E-state index contributed by atoms with van der Waals surface area (Å²) in [6.45, 7) is 0.656. The van der Waals surface area contributed by atoms with Gasteiger partial charge in [-0.05, 0) is 131 Å². The molecular formula is C68H52Cl2F8N4O9. The van der Waals surface area contributed by atoms with Crippen LogP contribution in [0.4, 0.5) is 35.1 Å². The van der Waals surface area contributed by atoms with E-state index in [4.69, 9.17) is 66.3 Å². The Kier molecular flexibility index (Phi) is 18.3. The van der Waals surface area contributed by atoms with Crippen molar-refractivity contribution in [2.75, 3.05) is 53.9 Å². The second kappa shape index (κ2) is 26.6. The number of hydrogen-bond donors (Lipinski definition) is 0. The first-order chi connectivity index (χ1) is 43.9. The van der Waals surface area contributed by atoms with Crippen molar-refractivity contribution in [3.8, 4) is 33.8 Å². The third-order valence-corrected chi connectivity index (χ3v) is 16.7. The van der Waals surface area contributed by atoms with E-state index in [1.54, 1.807) is 9.13 Å². The lowest BCUT2D eigenvalue weighted by atomic mass is 10.00. The molecule has 0 aliphatic carbocycles. The minimum absolute atomic E-state index is 0.0588. The fourth-order valence-electron chi connectivity index (χ4n) is 11.6. The molecule has 0 saturated carbocycles. The van der Waals surface area contributed by atoms with E-state index < -0.39 is 70.6 Å². The Morgan fingerprint density at radius 3 is 1.30 bits per heavy atom. The van der Waals surface area contributed by atoms with Crippen LogP contribution in [-0.4, -0.2) is 84.9 Å². The molecule has 0 bridgehead atoms. The average Bonchev–Trinajstić information content (AvgIpc) is 1.65. The number of ether oxygens (including phenoxy) is 7. The molecule has 2 aromatic heterocycles. The van der Waals surface area contributed by atoms with Crippen molar-refractivity contribution in [3.05, 3.63) is 235 Å². The van der Waals surface area contributed by atoms with Crippen molar-refractivity contribution in [2.24, 2.45) is 11.8 Å². The molecule has 2 aliphatic rings. The molecular weight excluding hydrogens is 1240 g/mol. The zero-order valence-electron chi connectivity index (χ0n) is 48.3. The number of benzene rings is 8. The van der Waals surface area contributed by atoms with Crippen molar-refractivity contribution >= 4 is 57.2 Å². The highest BCUT2D eigenvalue weighted by molar-refractivity contribution is 6.30. The summed E-state index contributed by atoms with van der Waals surface area (Å²) >= 11 is 11.7. The summed E-state index contributed by atoms with van der Waals surface area (Å²) < 4.78 is 167. The van der Waals surface area contributed by atoms with Crippen LogP contribution in [-0.2, 0) is 49.7 Å². The number of aromatic nitrogens is 4. The molecule has 8 aromatic carbocycles. The molecule has 2 aliphatic heterocycles. The van der Waals surface area contributed by atoms with E-state index in [1.807, 2.05) is 0 Å². The molecule has 23 heteroatoms. The summed E-state index contributed by atoms with van der Waals surface area (Å²) in [5, 5.41) is 0.319. The second-order valence-electron chi connectivity index (χ2n) is 22.1. The highest BCUT2D eigenvalue weighted by atomic mass is 35.5. The number of hydrogen-bond acceptors (Lipinski definition) is 11. The van der Waals surface area contributed by atoms with Crippen LogP contribution in [0.3, 0.4) is 0 Å². The Bertz CT molecular complexity index is 4190. The molecule has 12 rings (SSSR count). The topological polar surface area (TPSA) is 134 Å². The van der Waals surface area contributed by atoms with Crippen LogP contribution in [0.1, 0.15) is 66.7 Å². The Balaban J connectivity index is 0.804. The minimum atomic E-state index is -1.04. The third-order valence-electron chi connectivity index (χ3n) is 16.2. The lowest BCUT2D eigenvalue weighted by Crippen LogP contribution is -2.23. The molecule has 0 N–H and O–H groups in total. The van der Waals surface area contributed by atoms with Gasteiger partial charge in [-0.25, -0.2) is 54.7 Å². The summed E-state index contributed by atoms with van der Waals surface area (Å²) in [7, 11) is 3.06. The predicted molar refractivity (Wildman–Crippen MR) is 320 cm³/mol. The van der Waals surface area contributed by atoms with Crippen LogP contribution in [0.25, 0.3) is 44.3 Å². The van der Waals surface area contributed by atoms with E-state index in [0.717, 1.165) is 48.5 Å². The molecule has 468 valence electrons. The van der Waals surface area contributed by atoms with E-state index in [0.29, 0.717) is 22.1 Å². The molecule has 0 radical (unpaired) electrons. The van der Waals surface area contributed by atoms with Crippen molar-refractivity contribution < 1.29 is 77.9 Å². The molecule has 91 heavy (non-hydrogen) atoms. The van der Waals surface area contributed by atoms with E-state index in [1.165, 1.54) is 99.1 Å².